The molecule has 1 amide bonds. The molecule has 2 N–H and O–H groups in total. The van der Waals surface area contributed by atoms with Gasteiger partial charge in [-0.05, 0) is 29.7 Å². The molecule has 0 aliphatic heterocycles. The fourth-order valence-electron chi connectivity index (χ4n) is 2.54. The van der Waals surface area contributed by atoms with Crippen molar-refractivity contribution in [1.82, 2.24) is 4.98 Å². The van der Waals surface area contributed by atoms with Gasteiger partial charge < -0.3 is 10.4 Å². The molecule has 0 saturated heterocycles. The summed E-state index contributed by atoms with van der Waals surface area (Å²) in [6.07, 6.45) is 1.67. The van der Waals surface area contributed by atoms with Crippen LogP contribution in [-0.4, -0.2) is 16.0 Å². The van der Waals surface area contributed by atoms with Gasteiger partial charge in [-0.15, -0.1) is 0 Å². The second kappa shape index (κ2) is 6.64. The SMILES string of the molecule is Cc1ccc(NC(=O)C(O)(c2ccccc2)c2ccccc2)nc1. The van der Waals surface area contributed by atoms with Gasteiger partial charge in [0.25, 0.3) is 5.91 Å². The largest absolute Gasteiger partial charge is 0.372 e. The smallest absolute Gasteiger partial charge is 0.266 e. The van der Waals surface area contributed by atoms with Gasteiger partial charge in [-0.2, -0.15) is 0 Å². The zero-order chi connectivity index (χ0) is 17.0. The van der Waals surface area contributed by atoms with Crippen molar-refractivity contribution < 1.29 is 9.90 Å². The summed E-state index contributed by atoms with van der Waals surface area (Å²) in [6.45, 7) is 1.92. The first-order valence-corrected chi connectivity index (χ1v) is 7.68. The summed E-state index contributed by atoms with van der Waals surface area (Å²) in [5.41, 5.74) is 0.200. The second-order valence-electron chi connectivity index (χ2n) is 5.62. The van der Waals surface area contributed by atoms with E-state index in [4.69, 9.17) is 0 Å². The zero-order valence-corrected chi connectivity index (χ0v) is 13.3. The molecule has 120 valence electrons. The molecule has 0 saturated carbocycles. The van der Waals surface area contributed by atoms with Gasteiger partial charge in [-0.25, -0.2) is 4.98 Å². The standard InChI is InChI=1S/C20H18N2O2/c1-15-12-13-18(21-14-15)22-19(23)20(24,16-8-4-2-5-9-16)17-10-6-3-7-11-17/h2-14,24H,1H3,(H,21,22,23). The van der Waals surface area contributed by atoms with Crippen molar-refractivity contribution in [2.24, 2.45) is 0 Å². The van der Waals surface area contributed by atoms with E-state index in [-0.39, 0.29) is 0 Å². The normalized spacial score (nSPS) is 11.1. The Bertz CT molecular complexity index is 776. The lowest BCUT2D eigenvalue weighted by atomic mass is 9.85. The molecule has 4 nitrogen and oxygen atoms in total. The zero-order valence-electron chi connectivity index (χ0n) is 13.3. The Kier molecular flexibility index (Phi) is 4.40. The molecule has 1 heterocycles. The number of rotatable bonds is 4. The van der Waals surface area contributed by atoms with Crippen molar-refractivity contribution in [3.63, 3.8) is 0 Å². The summed E-state index contributed by atoms with van der Waals surface area (Å²) < 4.78 is 0. The van der Waals surface area contributed by atoms with Crippen molar-refractivity contribution >= 4 is 11.7 Å². The van der Waals surface area contributed by atoms with Crippen LogP contribution in [0.1, 0.15) is 16.7 Å². The topological polar surface area (TPSA) is 62.2 Å². The number of nitrogens with zero attached hydrogens (tertiary/aromatic N) is 1. The first-order valence-electron chi connectivity index (χ1n) is 7.68. The van der Waals surface area contributed by atoms with Crippen molar-refractivity contribution in [2.75, 3.05) is 5.32 Å². The lowest BCUT2D eigenvalue weighted by molar-refractivity contribution is -0.131. The molecule has 0 bridgehead atoms. The van der Waals surface area contributed by atoms with E-state index in [1.165, 1.54) is 0 Å². The summed E-state index contributed by atoms with van der Waals surface area (Å²) in [4.78, 5) is 17.1. The van der Waals surface area contributed by atoms with Crippen LogP contribution < -0.4 is 5.32 Å². The lowest BCUT2D eigenvalue weighted by Gasteiger charge is -2.27. The van der Waals surface area contributed by atoms with E-state index in [0.717, 1.165) is 5.56 Å². The Labute approximate surface area is 140 Å². The van der Waals surface area contributed by atoms with E-state index in [0.29, 0.717) is 16.9 Å². The molecule has 4 heteroatoms. The van der Waals surface area contributed by atoms with Gasteiger partial charge in [0.05, 0.1) is 0 Å². The summed E-state index contributed by atoms with van der Waals surface area (Å²) >= 11 is 0. The molecule has 24 heavy (non-hydrogen) atoms. The van der Waals surface area contributed by atoms with Crippen LogP contribution in [0.3, 0.4) is 0 Å². The number of carbonyl (C=O) groups is 1. The number of amides is 1. The molecule has 0 spiro atoms. The number of aromatic nitrogens is 1. The minimum absolute atomic E-state index is 0.399. The molecule has 0 unspecified atom stereocenters. The number of aliphatic hydroxyl groups is 1. The Morgan fingerprint density at radius 2 is 1.46 bits per heavy atom. The Balaban J connectivity index is 2.02. The van der Waals surface area contributed by atoms with Gasteiger partial charge in [0, 0.05) is 6.20 Å². The average Bonchev–Trinajstić information content (AvgIpc) is 2.64. The number of nitrogens with one attached hydrogen (secondary N) is 1. The van der Waals surface area contributed by atoms with E-state index in [1.807, 2.05) is 25.1 Å². The number of pyridine rings is 1. The summed E-state index contributed by atoms with van der Waals surface area (Å²) in [6, 6.07) is 21.3. The van der Waals surface area contributed by atoms with Crippen LogP contribution in [0.4, 0.5) is 5.82 Å². The van der Waals surface area contributed by atoms with Crippen LogP contribution >= 0.6 is 0 Å². The van der Waals surface area contributed by atoms with Crippen LogP contribution in [0.15, 0.2) is 79.0 Å². The molecular weight excluding hydrogens is 300 g/mol. The average molecular weight is 318 g/mol. The molecule has 3 rings (SSSR count). The van der Waals surface area contributed by atoms with Gasteiger partial charge >= 0.3 is 0 Å². The van der Waals surface area contributed by atoms with Crippen LogP contribution in [0.25, 0.3) is 0 Å². The van der Waals surface area contributed by atoms with E-state index in [1.54, 1.807) is 60.8 Å². The molecule has 2 aromatic carbocycles. The van der Waals surface area contributed by atoms with Crippen molar-refractivity contribution in [2.45, 2.75) is 12.5 Å². The van der Waals surface area contributed by atoms with Gasteiger partial charge in [0.15, 0.2) is 5.60 Å². The summed E-state index contributed by atoms with van der Waals surface area (Å²) in [5, 5.41) is 14.0. The first-order chi connectivity index (χ1) is 11.6. The quantitative estimate of drug-likeness (QED) is 0.776. The lowest BCUT2D eigenvalue weighted by Crippen LogP contribution is -2.41. The number of carbonyl (C=O) groups excluding carboxylic acids is 1. The van der Waals surface area contributed by atoms with Gasteiger partial charge in [-0.3, -0.25) is 4.79 Å². The number of aryl methyl sites for hydroxylation is 1. The maximum Gasteiger partial charge on any atom is 0.266 e. The van der Waals surface area contributed by atoms with Crippen LogP contribution in [0.2, 0.25) is 0 Å². The van der Waals surface area contributed by atoms with Crippen LogP contribution in [0.5, 0.6) is 0 Å². The second-order valence-corrected chi connectivity index (χ2v) is 5.62. The molecular formula is C20H18N2O2. The molecule has 0 aliphatic carbocycles. The van der Waals surface area contributed by atoms with Gasteiger partial charge in [0.1, 0.15) is 5.82 Å². The molecule has 0 atom stereocenters. The maximum atomic E-state index is 12.9. The minimum Gasteiger partial charge on any atom is -0.372 e. The predicted molar refractivity (Wildman–Crippen MR) is 93.5 cm³/mol. The fraction of sp³-hybridized carbons (Fsp3) is 0.100. The monoisotopic (exact) mass is 318 g/mol. The Hall–Kier alpha value is -2.98. The number of hydrogen-bond donors (Lipinski definition) is 2. The summed E-state index contributed by atoms with van der Waals surface area (Å²) in [5.74, 6) is -0.146. The van der Waals surface area contributed by atoms with Gasteiger partial charge in [-0.1, -0.05) is 66.7 Å². The van der Waals surface area contributed by atoms with Crippen molar-refractivity contribution in [1.29, 1.82) is 0 Å². The van der Waals surface area contributed by atoms with Crippen molar-refractivity contribution in [3.8, 4) is 0 Å². The van der Waals surface area contributed by atoms with E-state index >= 15 is 0 Å². The highest BCUT2D eigenvalue weighted by Gasteiger charge is 2.40. The number of hydrogen-bond acceptors (Lipinski definition) is 3. The predicted octanol–water partition coefficient (Wildman–Crippen LogP) is 3.26. The maximum absolute atomic E-state index is 12.9. The molecule has 3 aromatic rings. The Morgan fingerprint density at radius 1 is 0.917 bits per heavy atom. The highest BCUT2D eigenvalue weighted by molar-refractivity contribution is 5.99. The van der Waals surface area contributed by atoms with Gasteiger partial charge in [0.2, 0.25) is 0 Å². The van der Waals surface area contributed by atoms with Crippen LogP contribution in [-0.2, 0) is 10.4 Å². The minimum atomic E-state index is -1.80. The third-order valence-corrected chi connectivity index (χ3v) is 3.86. The molecule has 0 radical (unpaired) electrons. The number of benzene rings is 2. The molecule has 0 aliphatic rings. The number of anilines is 1. The summed E-state index contributed by atoms with van der Waals surface area (Å²) in [7, 11) is 0. The van der Waals surface area contributed by atoms with E-state index in [2.05, 4.69) is 10.3 Å². The third-order valence-electron chi connectivity index (χ3n) is 3.86. The molecule has 0 fully saturated rings. The van der Waals surface area contributed by atoms with E-state index in [9.17, 15) is 9.90 Å². The van der Waals surface area contributed by atoms with Crippen molar-refractivity contribution in [3.05, 3.63) is 95.7 Å². The Morgan fingerprint density at radius 3 is 1.92 bits per heavy atom. The first kappa shape index (κ1) is 15.9. The fourth-order valence-corrected chi connectivity index (χ4v) is 2.54. The van der Waals surface area contributed by atoms with Crippen LogP contribution in [0, 0.1) is 6.92 Å². The third kappa shape index (κ3) is 3.05. The molecule has 1 aromatic heterocycles. The highest BCUT2D eigenvalue weighted by atomic mass is 16.3. The van der Waals surface area contributed by atoms with E-state index < -0.39 is 11.5 Å². The highest BCUT2D eigenvalue weighted by Crippen LogP contribution is 2.30.